The average Bonchev–Trinajstić information content (AvgIpc) is 3.79. The van der Waals surface area contributed by atoms with E-state index >= 15 is 0 Å². The van der Waals surface area contributed by atoms with Crippen LogP contribution in [0, 0.1) is 11.8 Å². The van der Waals surface area contributed by atoms with Crippen molar-refractivity contribution in [2.45, 2.75) is 172 Å². The van der Waals surface area contributed by atoms with Crippen molar-refractivity contribution in [1.82, 2.24) is 0 Å². The maximum atomic E-state index is 4.93. The SMILES string of the molecule is CC(C)Cc1cc2c(-c3cc(C(C)C)cc(C(C)C)c3)c(C(C)C)ccc2[cH-]1.CC(C)Cc1cc2c(-c3cc(C(C)C)cc(C(C)C)c3)c(C(C)C)ccc2[cH-]1.C[Si]C.[Cl][Zr+2][Cl]. The first-order valence-corrected chi connectivity index (χ1v) is 31.8. The van der Waals surface area contributed by atoms with E-state index in [1.807, 2.05) is 0 Å². The van der Waals surface area contributed by atoms with Gasteiger partial charge in [-0.15, -0.1) is 69.1 Å². The molecule has 6 aromatic carbocycles. The Balaban J connectivity index is 0.000000293. The predicted octanol–water partition coefficient (Wildman–Crippen LogP) is 19.8. The van der Waals surface area contributed by atoms with Crippen LogP contribution in [0.15, 0.2) is 84.9 Å². The summed E-state index contributed by atoms with van der Waals surface area (Å²) < 4.78 is 0. The zero-order valence-electron chi connectivity index (χ0n) is 41.9. The number of halogens is 2. The predicted molar refractivity (Wildman–Crippen MR) is 281 cm³/mol. The fraction of sp³-hybridized carbons (Fsp3) is 0.483. The normalized spacial score (nSPS) is 11.5. The van der Waals surface area contributed by atoms with Gasteiger partial charge in [0, 0.05) is 9.52 Å². The van der Waals surface area contributed by atoms with E-state index in [1.54, 1.807) is 0 Å². The fourth-order valence-electron chi connectivity index (χ4n) is 8.48. The van der Waals surface area contributed by atoms with E-state index in [2.05, 4.69) is 209 Å². The molecule has 0 unspecified atom stereocenters. The molecule has 0 saturated carbocycles. The van der Waals surface area contributed by atoms with E-state index in [4.69, 9.17) is 17.0 Å². The Kier molecular flexibility index (Phi) is 22.2. The molecule has 0 heterocycles. The zero-order valence-corrected chi connectivity index (χ0v) is 46.8. The Morgan fingerprint density at radius 2 is 0.710 bits per heavy atom. The topological polar surface area (TPSA) is 0 Å². The van der Waals surface area contributed by atoms with Crippen LogP contribution in [0.1, 0.15) is 191 Å². The van der Waals surface area contributed by atoms with Crippen molar-refractivity contribution in [3.63, 3.8) is 0 Å². The summed E-state index contributed by atoms with van der Waals surface area (Å²) in [5.41, 5.74) is 17.3. The fourth-order valence-corrected chi connectivity index (χ4v) is 8.48. The van der Waals surface area contributed by atoms with Crippen molar-refractivity contribution < 1.29 is 20.8 Å². The molecule has 0 spiro atoms. The molecule has 0 bridgehead atoms. The molecule has 0 aromatic heterocycles. The summed E-state index contributed by atoms with van der Waals surface area (Å²) in [7, 11) is 11.0. The molecule has 0 fully saturated rings. The van der Waals surface area contributed by atoms with Gasteiger partial charge < -0.3 is 0 Å². The monoisotopic (exact) mass is 964 g/mol. The van der Waals surface area contributed by atoms with Gasteiger partial charge in [-0.1, -0.05) is 183 Å². The van der Waals surface area contributed by atoms with E-state index in [-0.39, 0.29) is 0 Å². The van der Waals surface area contributed by atoms with E-state index in [9.17, 15) is 0 Å². The van der Waals surface area contributed by atoms with Crippen molar-refractivity contribution in [3.05, 3.63) is 129 Å². The Morgan fingerprint density at radius 3 is 0.935 bits per heavy atom. The van der Waals surface area contributed by atoms with Crippen molar-refractivity contribution in [2.24, 2.45) is 11.8 Å². The molecule has 0 atom stereocenters. The van der Waals surface area contributed by atoms with Gasteiger partial charge in [-0.05, 0) is 93.6 Å². The first-order chi connectivity index (χ1) is 29.2. The third kappa shape index (κ3) is 14.9. The minimum atomic E-state index is -0.826. The van der Waals surface area contributed by atoms with Crippen LogP contribution in [0.5, 0.6) is 0 Å². The summed E-state index contributed by atoms with van der Waals surface area (Å²) in [4.78, 5) is 0. The first-order valence-electron chi connectivity index (χ1n) is 23.5. The third-order valence-corrected chi connectivity index (χ3v) is 11.7. The molecule has 6 rings (SSSR count). The standard InChI is InChI=1S/2C28H37.C2H6Si.2ClH.Zr/c2*1-17(2)11-21-12-22-9-10-26(20(7)8)28(27(22)13-21)25-15-23(18(3)4)14-24(16-25)19(5)6;1-3-2;;;/h2*9-10,12-20H,11H2,1-8H3;1-2H3;2*1H;/q2*-1;;;;+4/p-2. The van der Waals surface area contributed by atoms with E-state index in [0.29, 0.717) is 47.3 Å². The van der Waals surface area contributed by atoms with E-state index < -0.39 is 20.8 Å². The van der Waals surface area contributed by atoms with Crippen LogP contribution in [0.25, 0.3) is 43.8 Å². The van der Waals surface area contributed by atoms with Gasteiger partial charge in [0.25, 0.3) is 0 Å². The third-order valence-electron chi connectivity index (χ3n) is 11.7. The van der Waals surface area contributed by atoms with Gasteiger partial charge in [0.2, 0.25) is 0 Å². The molecule has 334 valence electrons. The second-order valence-electron chi connectivity index (χ2n) is 20.3. The molecule has 0 aliphatic carbocycles. The molecule has 0 N–H and O–H groups in total. The number of hydrogen-bond acceptors (Lipinski definition) is 0. The molecule has 0 amide bonds. The molecule has 0 aliphatic rings. The van der Waals surface area contributed by atoms with Crippen molar-refractivity contribution in [2.75, 3.05) is 0 Å². The maximum absolute atomic E-state index is 4.93. The molecular formula is C58H80Cl2SiZr. The summed E-state index contributed by atoms with van der Waals surface area (Å²) >= 11 is -0.826. The molecule has 2 radical (unpaired) electrons. The van der Waals surface area contributed by atoms with Crippen LogP contribution < -0.4 is 0 Å². The molecular weight excluding hydrogens is 887 g/mol. The van der Waals surface area contributed by atoms with Gasteiger partial charge in [0.05, 0.1) is 0 Å². The van der Waals surface area contributed by atoms with Crippen LogP contribution in [0.2, 0.25) is 13.1 Å². The van der Waals surface area contributed by atoms with Gasteiger partial charge in [0.15, 0.2) is 0 Å². The number of fused-ring (bicyclic) bond motifs is 2. The Hall–Kier alpha value is -2.22. The summed E-state index contributed by atoms with van der Waals surface area (Å²) in [6.07, 6.45) is 2.29. The minimum absolute atomic E-state index is 0.507. The van der Waals surface area contributed by atoms with Gasteiger partial charge >= 0.3 is 37.9 Å². The van der Waals surface area contributed by atoms with Crippen LogP contribution in [-0.4, -0.2) is 9.52 Å². The number of rotatable bonds is 12. The summed E-state index contributed by atoms with van der Waals surface area (Å²) in [5.74, 6) is 4.53. The van der Waals surface area contributed by atoms with Crippen molar-refractivity contribution >= 4 is 48.1 Å². The quantitative estimate of drug-likeness (QED) is 0.0847. The summed E-state index contributed by atoms with van der Waals surface area (Å²) in [6.45, 7) is 41.2. The number of benzene rings is 4. The molecule has 62 heavy (non-hydrogen) atoms. The summed E-state index contributed by atoms with van der Waals surface area (Å²) in [5, 5.41) is 5.63. The number of hydrogen-bond donors (Lipinski definition) is 0. The summed E-state index contributed by atoms with van der Waals surface area (Å²) in [6, 6.07) is 33.6. The van der Waals surface area contributed by atoms with E-state index in [1.165, 1.54) is 88.3 Å². The van der Waals surface area contributed by atoms with Crippen LogP contribution in [0.3, 0.4) is 0 Å². The van der Waals surface area contributed by atoms with Crippen molar-refractivity contribution in [1.29, 1.82) is 0 Å². The molecule has 0 nitrogen and oxygen atoms in total. The molecule has 0 saturated heterocycles. The van der Waals surface area contributed by atoms with Gasteiger partial charge in [-0.2, -0.15) is 12.1 Å². The van der Waals surface area contributed by atoms with Gasteiger partial charge in [0.1, 0.15) is 0 Å². The first kappa shape index (κ1) is 54.1. The Labute approximate surface area is 401 Å². The zero-order chi connectivity index (χ0) is 46.6. The second-order valence-corrected chi connectivity index (χ2v) is 25.0. The molecule has 4 heteroatoms. The van der Waals surface area contributed by atoms with Gasteiger partial charge in [-0.3, -0.25) is 0 Å². The van der Waals surface area contributed by atoms with Crippen LogP contribution in [-0.2, 0) is 33.7 Å². The molecule has 6 aromatic rings. The molecule has 0 aliphatic heterocycles. The van der Waals surface area contributed by atoms with Crippen LogP contribution in [0.4, 0.5) is 0 Å². The second kappa shape index (κ2) is 25.5. The Bertz CT molecular complexity index is 2060. The van der Waals surface area contributed by atoms with Gasteiger partial charge in [-0.25, -0.2) is 0 Å². The average molecular weight is 967 g/mol. The van der Waals surface area contributed by atoms with Crippen molar-refractivity contribution in [3.8, 4) is 22.3 Å². The Morgan fingerprint density at radius 1 is 0.435 bits per heavy atom. The van der Waals surface area contributed by atoms with Crippen LogP contribution >= 0.6 is 17.0 Å². The van der Waals surface area contributed by atoms with E-state index in [0.717, 1.165) is 22.4 Å².